The predicted octanol–water partition coefficient (Wildman–Crippen LogP) is 3.05. The minimum absolute atomic E-state index is 0.0500. The molecular weight excluding hydrogens is 430 g/mol. The molecular formula is C19H18BrN3O3S. The zero-order valence-corrected chi connectivity index (χ0v) is 16.8. The van der Waals surface area contributed by atoms with Crippen LogP contribution in [0.1, 0.15) is 20.7 Å². The Bertz CT molecular complexity index is 869. The van der Waals surface area contributed by atoms with Gasteiger partial charge in [0.15, 0.2) is 5.11 Å². The molecule has 1 aliphatic rings. The van der Waals surface area contributed by atoms with E-state index in [1.54, 1.807) is 47.4 Å². The van der Waals surface area contributed by atoms with Gasteiger partial charge in [-0.1, -0.05) is 28.1 Å². The van der Waals surface area contributed by atoms with Gasteiger partial charge in [0.2, 0.25) is 0 Å². The van der Waals surface area contributed by atoms with Gasteiger partial charge in [-0.25, -0.2) is 0 Å². The molecule has 1 aliphatic heterocycles. The molecule has 140 valence electrons. The van der Waals surface area contributed by atoms with Gasteiger partial charge in [-0.15, -0.1) is 0 Å². The molecule has 0 atom stereocenters. The molecule has 0 spiro atoms. The van der Waals surface area contributed by atoms with Crippen LogP contribution in [-0.2, 0) is 4.74 Å². The van der Waals surface area contributed by atoms with Crippen molar-refractivity contribution in [2.75, 3.05) is 31.6 Å². The Labute approximate surface area is 171 Å². The number of anilines is 1. The molecule has 1 saturated heterocycles. The third kappa shape index (κ3) is 5.35. The van der Waals surface area contributed by atoms with E-state index in [-0.39, 0.29) is 16.9 Å². The number of nitrogens with zero attached hydrogens (tertiary/aromatic N) is 1. The van der Waals surface area contributed by atoms with Crippen molar-refractivity contribution in [3.8, 4) is 0 Å². The normalized spacial score (nSPS) is 13.7. The number of halogens is 1. The lowest BCUT2D eigenvalue weighted by Gasteiger charge is -2.27. The van der Waals surface area contributed by atoms with Gasteiger partial charge in [0.1, 0.15) is 0 Å². The van der Waals surface area contributed by atoms with E-state index in [4.69, 9.17) is 17.0 Å². The highest BCUT2D eigenvalue weighted by atomic mass is 79.9. The van der Waals surface area contributed by atoms with Crippen LogP contribution < -0.4 is 10.6 Å². The molecule has 6 nitrogen and oxygen atoms in total. The van der Waals surface area contributed by atoms with Crippen molar-refractivity contribution in [2.24, 2.45) is 0 Å². The minimum atomic E-state index is -0.311. The van der Waals surface area contributed by atoms with Crippen molar-refractivity contribution in [3.63, 3.8) is 0 Å². The van der Waals surface area contributed by atoms with Gasteiger partial charge in [0, 0.05) is 34.4 Å². The highest BCUT2D eigenvalue weighted by Crippen LogP contribution is 2.14. The van der Waals surface area contributed by atoms with Crippen LogP contribution in [0.3, 0.4) is 0 Å². The fourth-order valence-corrected chi connectivity index (χ4v) is 3.26. The van der Waals surface area contributed by atoms with E-state index in [0.29, 0.717) is 43.1 Å². The van der Waals surface area contributed by atoms with Gasteiger partial charge in [0.25, 0.3) is 11.8 Å². The predicted molar refractivity (Wildman–Crippen MR) is 111 cm³/mol. The number of rotatable bonds is 3. The van der Waals surface area contributed by atoms with Crippen LogP contribution in [-0.4, -0.2) is 48.1 Å². The summed E-state index contributed by atoms with van der Waals surface area (Å²) in [6.45, 7) is 2.26. The van der Waals surface area contributed by atoms with Gasteiger partial charge in [-0.05, 0) is 48.6 Å². The van der Waals surface area contributed by atoms with E-state index >= 15 is 0 Å². The molecule has 2 amide bonds. The number of carbonyl (C=O) groups excluding carboxylic acids is 2. The van der Waals surface area contributed by atoms with E-state index < -0.39 is 0 Å². The Kier molecular flexibility index (Phi) is 6.54. The first-order valence-electron chi connectivity index (χ1n) is 8.38. The Hall–Kier alpha value is -2.29. The highest BCUT2D eigenvalue weighted by molar-refractivity contribution is 9.10. The second kappa shape index (κ2) is 9.07. The molecule has 1 heterocycles. The second-order valence-corrected chi connectivity index (χ2v) is 7.23. The van der Waals surface area contributed by atoms with Gasteiger partial charge in [-0.3, -0.25) is 14.9 Å². The lowest BCUT2D eigenvalue weighted by atomic mass is 10.1. The van der Waals surface area contributed by atoms with Gasteiger partial charge >= 0.3 is 0 Å². The summed E-state index contributed by atoms with van der Waals surface area (Å²) in [5, 5.41) is 5.74. The molecule has 0 aliphatic carbocycles. The van der Waals surface area contributed by atoms with Gasteiger partial charge < -0.3 is 15.0 Å². The van der Waals surface area contributed by atoms with Crippen molar-refractivity contribution in [1.82, 2.24) is 10.2 Å². The molecule has 2 aromatic carbocycles. The summed E-state index contributed by atoms with van der Waals surface area (Å²) >= 11 is 8.55. The van der Waals surface area contributed by atoms with Crippen molar-refractivity contribution < 1.29 is 14.3 Å². The molecule has 0 bridgehead atoms. The number of morpholine rings is 1. The zero-order valence-electron chi connectivity index (χ0n) is 14.4. The summed E-state index contributed by atoms with van der Waals surface area (Å²) in [5.74, 6) is -0.361. The van der Waals surface area contributed by atoms with Gasteiger partial charge in [-0.2, -0.15) is 0 Å². The fraction of sp³-hybridized carbons (Fsp3) is 0.211. The summed E-state index contributed by atoms with van der Waals surface area (Å²) in [5.41, 5.74) is 1.68. The number of ether oxygens (including phenoxy) is 1. The highest BCUT2D eigenvalue weighted by Gasteiger charge is 2.18. The summed E-state index contributed by atoms with van der Waals surface area (Å²) < 4.78 is 6.09. The monoisotopic (exact) mass is 447 g/mol. The largest absolute Gasteiger partial charge is 0.378 e. The summed E-state index contributed by atoms with van der Waals surface area (Å²) in [7, 11) is 0. The van der Waals surface area contributed by atoms with E-state index in [0.717, 1.165) is 4.47 Å². The maximum Gasteiger partial charge on any atom is 0.257 e. The van der Waals surface area contributed by atoms with E-state index in [1.165, 1.54) is 0 Å². The van der Waals surface area contributed by atoms with E-state index in [1.807, 2.05) is 6.07 Å². The quantitative estimate of drug-likeness (QED) is 0.707. The molecule has 8 heteroatoms. The SMILES string of the molecule is O=C(NC(=S)Nc1cccc(C(=O)N2CCOCC2)c1)c1cccc(Br)c1. The zero-order chi connectivity index (χ0) is 19.2. The Morgan fingerprint density at radius 1 is 1.04 bits per heavy atom. The lowest BCUT2D eigenvalue weighted by molar-refractivity contribution is 0.0303. The average Bonchev–Trinajstić information content (AvgIpc) is 2.68. The van der Waals surface area contributed by atoms with Crippen LogP contribution in [0.4, 0.5) is 5.69 Å². The first-order chi connectivity index (χ1) is 13.0. The molecule has 0 radical (unpaired) electrons. The molecule has 1 fully saturated rings. The van der Waals surface area contributed by atoms with Crippen molar-refractivity contribution in [1.29, 1.82) is 0 Å². The third-order valence-electron chi connectivity index (χ3n) is 3.98. The van der Waals surface area contributed by atoms with Crippen molar-refractivity contribution >= 4 is 50.8 Å². The van der Waals surface area contributed by atoms with Crippen LogP contribution in [0, 0.1) is 0 Å². The number of carbonyl (C=O) groups is 2. The molecule has 0 unspecified atom stereocenters. The van der Waals surface area contributed by atoms with Crippen molar-refractivity contribution in [3.05, 3.63) is 64.1 Å². The van der Waals surface area contributed by atoms with Gasteiger partial charge in [0.05, 0.1) is 13.2 Å². The summed E-state index contributed by atoms with van der Waals surface area (Å²) in [6.07, 6.45) is 0. The third-order valence-corrected chi connectivity index (χ3v) is 4.68. The van der Waals surface area contributed by atoms with Crippen LogP contribution in [0.15, 0.2) is 53.0 Å². The molecule has 3 rings (SSSR count). The molecule has 27 heavy (non-hydrogen) atoms. The molecule has 2 aromatic rings. The summed E-state index contributed by atoms with van der Waals surface area (Å²) in [6, 6.07) is 14.0. The number of nitrogens with one attached hydrogen (secondary N) is 2. The maximum absolute atomic E-state index is 12.6. The average molecular weight is 448 g/mol. The maximum atomic E-state index is 12.6. The summed E-state index contributed by atoms with van der Waals surface area (Å²) in [4.78, 5) is 26.6. The number of thiocarbonyl (C=S) groups is 1. The van der Waals surface area contributed by atoms with Crippen molar-refractivity contribution in [2.45, 2.75) is 0 Å². The number of benzene rings is 2. The first kappa shape index (κ1) is 19.5. The number of hydrogen-bond donors (Lipinski definition) is 2. The molecule has 0 saturated carbocycles. The molecule has 2 N–H and O–H groups in total. The fourth-order valence-electron chi connectivity index (χ4n) is 2.65. The Morgan fingerprint density at radius 2 is 1.74 bits per heavy atom. The topological polar surface area (TPSA) is 70.7 Å². The van der Waals surface area contributed by atoms with Crippen LogP contribution in [0.2, 0.25) is 0 Å². The minimum Gasteiger partial charge on any atom is -0.378 e. The number of hydrogen-bond acceptors (Lipinski definition) is 4. The lowest BCUT2D eigenvalue weighted by Crippen LogP contribution is -2.40. The Morgan fingerprint density at radius 3 is 2.48 bits per heavy atom. The molecule has 0 aromatic heterocycles. The number of amides is 2. The Balaban J connectivity index is 1.62. The van der Waals surface area contributed by atoms with Crippen LogP contribution >= 0.6 is 28.1 Å². The second-order valence-electron chi connectivity index (χ2n) is 5.90. The van der Waals surface area contributed by atoms with Crippen LogP contribution in [0.5, 0.6) is 0 Å². The van der Waals surface area contributed by atoms with Crippen LogP contribution in [0.25, 0.3) is 0 Å². The smallest absolute Gasteiger partial charge is 0.257 e. The first-order valence-corrected chi connectivity index (χ1v) is 9.58. The van der Waals surface area contributed by atoms with E-state index in [9.17, 15) is 9.59 Å². The van der Waals surface area contributed by atoms with E-state index in [2.05, 4.69) is 26.6 Å². The standard InChI is InChI=1S/C19H18BrN3O3S/c20-15-5-1-3-13(11-15)17(24)22-19(27)21-16-6-2-4-14(12-16)18(25)23-7-9-26-10-8-23/h1-6,11-12H,7-10H2,(H2,21,22,24,27).